The summed E-state index contributed by atoms with van der Waals surface area (Å²) in [6, 6.07) is 3.31. The highest BCUT2D eigenvalue weighted by atomic mass is 19.4. The number of amides is 2. The van der Waals surface area contributed by atoms with Crippen molar-refractivity contribution in [2.24, 2.45) is 5.92 Å². The molecule has 2 unspecified atom stereocenters. The SMILES string of the molecule is Cc1ccc(NC(=O)N2CCCC(C(C)O)C2)cc1C(F)(F)F. The summed E-state index contributed by atoms with van der Waals surface area (Å²) in [4.78, 5) is 13.8. The molecule has 1 aliphatic rings. The lowest BCUT2D eigenvalue weighted by Gasteiger charge is -2.34. The van der Waals surface area contributed by atoms with Crippen molar-refractivity contribution in [3.8, 4) is 0 Å². The molecule has 2 atom stereocenters. The smallest absolute Gasteiger partial charge is 0.393 e. The summed E-state index contributed by atoms with van der Waals surface area (Å²) in [6.07, 6.45) is -3.36. The molecule has 7 heteroatoms. The lowest BCUT2D eigenvalue weighted by molar-refractivity contribution is -0.138. The quantitative estimate of drug-likeness (QED) is 0.870. The van der Waals surface area contributed by atoms with Gasteiger partial charge in [-0.1, -0.05) is 6.07 Å². The van der Waals surface area contributed by atoms with Crippen LogP contribution >= 0.6 is 0 Å². The van der Waals surface area contributed by atoms with Crippen molar-refractivity contribution >= 4 is 11.7 Å². The van der Waals surface area contributed by atoms with Crippen LogP contribution in [-0.2, 0) is 6.18 Å². The van der Waals surface area contributed by atoms with Crippen LogP contribution in [-0.4, -0.2) is 35.2 Å². The molecule has 128 valence electrons. The zero-order valence-corrected chi connectivity index (χ0v) is 13.2. The maximum Gasteiger partial charge on any atom is 0.416 e. The topological polar surface area (TPSA) is 52.6 Å². The Labute approximate surface area is 133 Å². The normalized spacial score (nSPS) is 20.3. The van der Waals surface area contributed by atoms with Gasteiger partial charge in [-0.25, -0.2) is 4.79 Å². The molecule has 2 N–H and O–H groups in total. The van der Waals surface area contributed by atoms with Crippen LogP contribution in [0.2, 0.25) is 0 Å². The van der Waals surface area contributed by atoms with E-state index in [1.54, 1.807) is 6.92 Å². The zero-order valence-electron chi connectivity index (χ0n) is 13.2. The fourth-order valence-corrected chi connectivity index (χ4v) is 2.80. The van der Waals surface area contributed by atoms with Crippen LogP contribution in [0.4, 0.5) is 23.7 Å². The number of hydrogen-bond donors (Lipinski definition) is 2. The Kier molecular flexibility index (Phi) is 5.19. The Morgan fingerprint density at radius 3 is 2.74 bits per heavy atom. The second-order valence-corrected chi connectivity index (χ2v) is 6.05. The number of carbonyl (C=O) groups is 1. The van der Waals surface area contributed by atoms with Crippen LogP contribution in [0.25, 0.3) is 0 Å². The van der Waals surface area contributed by atoms with Crippen molar-refractivity contribution < 1.29 is 23.1 Å². The van der Waals surface area contributed by atoms with Gasteiger partial charge < -0.3 is 15.3 Å². The number of anilines is 1. The molecule has 2 rings (SSSR count). The average molecular weight is 330 g/mol. The van der Waals surface area contributed by atoms with Gasteiger partial charge in [-0.3, -0.25) is 0 Å². The third-order valence-electron chi connectivity index (χ3n) is 4.22. The molecule has 1 heterocycles. The molecule has 1 fully saturated rings. The van der Waals surface area contributed by atoms with Crippen molar-refractivity contribution in [2.45, 2.75) is 39.0 Å². The van der Waals surface area contributed by atoms with E-state index in [-0.39, 0.29) is 17.2 Å². The van der Waals surface area contributed by atoms with E-state index in [4.69, 9.17) is 0 Å². The summed E-state index contributed by atoms with van der Waals surface area (Å²) in [5.74, 6) is -0.00162. The molecule has 1 saturated heterocycles. The summed E-state index contributed by atoms with van der Waals surface area (Å²) in [5, 5.41) is 12.2. The third kappa shape index (κ3) is 4.37. The lowest BCUT2D eigenvalue weighted by atomic mass is 9.94. The second-order valence-electron chi connectivity index (χ2n) is 6.05. The Hall–Kier alpha value is -1.76. The highest BCUT2D eigenvalue weighted by Crippen LogP contribution is 2.33. The number of piperidine rings is 1. The molecular weight excluding hydrogens is 309 g/mol. The number of benzene rings is 1. The molecule has 0 spiro atoms. The van der Waals surface area contributed by atoms with Gasteiger partial charge in [0.05, 0.1) is 11.7 Å². The number of likely N-dealkylation sites (tertiary alicyclic amines) is 1. The van der Waals surface area contributed by atoms with Gasteiger partial charge in [-0.2, -0.15) is 13.2 Å². The molecule has 1 aromatic rings. The van der Waals surface area contributed by atoms with Gasteiger partial charge in [0.15, 0.2) is 0 Å². The molecule has 1 aliphatic heterocycles. The third-order valence-corrected chi connectivity index (χ3v) is 4.22. The van der Waals surface area contributed by atoms with Crippen LogP contribution < -0.4 is 5.32 Å². The van der Waals surface area contributed by atoms with Crippen molar-refractivity contribution in [1.82, 2.24) is 4.90 Å². The Bertz CT molecular complexity index is 573. The van der Waals surface area contributed by atoms with Gasteiger partial charge in [-0.15, -0.1) is 0 Å². The number of aliphatic hydroxyl groups excluding tert-OH is 1. The van der Waals surface area contributed by atoms with Gasteiger partial charge in [0.2, 0.25) is 0 Å². The lowest BCUT2D eigenvalue weighted by Crippen LogP contribution is -2.44. The summed E-state index contributed by atoms with van der Waals surface area (Å²) < 4.78 is 38.7. The second kappa shape index (κ2) is 6.78. The fraction of sp³-hybridized carbons (Fsp3) is 0.562. The van der Waals surface area contributed by atoms with Crippen molar-refractivity contribution in [3.05, 3.63) is 29.3 Å². The minimum atomic E-state index is -4.45. The summed E-state index contributed by atoms with van der Waals surface area (Å²) in [5.41, 5.74) is -0.523. The van der Waals surface area contributed by atoms with Crippen molar-refractivity contribution in [3.63, 3.8) is 0 Å². The number of aliphatic hydroxyl groups is 1. The molecule has 23 heavy (non-hydrogen) atoms. The fourth-order valence-electron chi connectivity index (χ4n) is 2.80. The Morgan fingerprint density at radius 1 is 1.43 bits per heavy atom. The van der Waals surface area contributed by atoms with Gasteiger partial charge in [0.25, 0.3) is 0 Å². The molecule has 1 aromatic carbocycles. The van der Waals surface area contributed by atoms with E-state index in [2.05, 4.69) is 5.32 Å². The number of carbonyl (C=O) groups excluding carboxylic acids is 1. The number of halogens is 3. The van der Waals surface area contributed by atoms with Crippen LogP contribution in [0.1, 0.15) is 30.9 Å². The van der Waals surface area contributed by atoms with E-state index in [9.17, 15) is 23.1 Å². The number of alkyl halides is 3. The highest BCUT2D eigenvalue weighted by Gasteiger charge is 2.33. The zero-order chi connectivity index (χ0) is 17.2. The molecule has 4 nitrogen and oxygen atoms in total. The molecule has 0 bridgehead atoms. The van der Waals surface area contributed by atoms with Gasteiger partial charge in [0, 0.05) is 24.7 Å². The van der Waals surface area contributed by atoms with Crippen LogP contribution in [0.15, 0.2) is 18.2 Å². The number of nitrogens with one attached hydrogen (secondary N) is 1. The first-order valence-corrected chi connectivity index (χ1v) is 7.60. The van der Waals surface area contributed by atoms with E-state index < -0.39 is 23.9 Å². The predicted molar refractivity (Wildman–Crippen MR) is 81.2 cm³/mol. The maximum atomic E-state index is 12.9. The first-order chi connectivity index (χ1) is 10.7. The van der Waals surface area contributed by atoms with Crippen molar-refractivity contribution in [2.75, 3.05) is 18.4 Å². The largest absolute Gasteiger partial charge is 0.416 e. The molecule has 2 amide bonds. The van der Waals surface area contributed by atoms with Gasteiger partial charge >= 0.3 is 12.2 Å². The number of aryl methyl sites for hydroxylation is 1. The average Bonchev–Trinajstić information content (AvgIpc) is 2.48. The van der Waals surface area contributed by atoms with Crippen LogP contribution in [0.5, 0.6) is 0 Å². The van der Waals surface area contributed by atoms with E-state index in [1.807, 2.05) is 0 Å². The monoisotopic (exact) mass is 330 g/mol. The number of nitrogens with zero attached hydrogens (tertiary/aromatic N) is 1. The van der Waals surface area contributed by atoms with Crippen LogP contribution in [0, 0.1) is 12.8 Å². The summed E-state index contributed by atoms with van der Waals surface area (Å²) in [7, 11) is 0. The summed E-state index contributed by atoms with van der Waals surface area (Å²) in [6.45, 7) is 4.00. The first-order valence-electron chi connectivity index (χ1n) is 7.60. The Morgan fingerprint density at radius 2 is 2.13 bits per heavy atom. The molecule has 0 aromatic heterocycles. The molecule has 0 saturated carbocycles. The molecule has 0 radical (unpaired) electrons. The number of hydrogen-bond acceptors (Lipinski definition) is 2. The van der Waals surface area contributed by atoms with E-state index in [0.717, 1.165) is 18.9 Å². The van der Waals surface area contributed by atoms with E-state index >= 15 is 0 Å². The van der Waals surface area contributed by atoms with E-state index in [1.165, 1.54) is 24.0 Å². The van der Waals surface area contributed by atoms with Crippen molar-refractivity contribution in [1.29, 1.82) is 0 Å². The molecule has 0 aliphatic carbocycles. The standard InChI is InChI=1S/C16H21F3N2O2/c1-10-5-6-13(8-14(10)16(17,18)19)20-15(23)21-7-3-4-12(9-21)11(2)22/h5-6,8,11-12,22H,3-4,7,9H2,1-2H3,(H,20,23). The first kappa shape index (κ1) is 17.6. The minimum absolute atomic E-state index is 0.00162. The predicted octanol–water partition coefficient (Wildman–Crippen LogP) is 3.64. The van der Waals surface area contributed by atoms with E-state index in [0.29, 0.717) is 13.1 Å². The number of rotatable bonds is 2. The minimum Gasteiger partial charge on any atom is -0.393 e. The van der Waals surface area contributed by atoms with Gasteiger partial charge in [-0.05, 0) is 44.4 Å². The Balaban J connectivity index is 2.08. The highest BCUT2D eigenvalue weighted by molar-refractivity contribution is 5.89. The van der Waals surface area contributed by atoms with Gasteiger partial charge in [0.1, 0.15) is 0 Å². The summed E-state index contributed by atoms with van der Waals surface area (Å²) >= 11 is 0. The maximum absolute atomic E-state index is 12.9. The van der Waals surface area contributed by atoms with Crippen LogP contribution in [0.3, 0.4) is 0 Å². The molecular formula is C16H21F3N2O2. The number of urea groups is 1.